The van der Waals surface area contributed by atoms with Crippen molar-refractivity contribution < 1.29 is 9.18 Å². The second-order valence-electron chi connectivity index (χ2n) is 6.53. The maximum atomic E-state index is 13.4. The molecule has 1 aromatic heterocycles. The number of para-hydroxylation sites is 1. The lowest BCUT2D eigenvalue weighted by atomic mass is 10.0. The number of nitrogens with zero attached hydrogens (tertiary/aromatic N) is 3. The minimum absolute atomic E-state index is 0.105. The standard InChI is InChI=1S/C21H18FN3O2/c22-17-8-3-5-15(13-17)14-25-20(26)11-10-18(23-25)21(27)24-12-4-7-16-6-1-2-9-19(16)24/h1-3,5-6,8-11,13H,4,7,12,14H2. The van der Waals surface area contributed by atoms with E-state index in [1.807, 2.05) is 24.3 Å². The van der Waals surface area contributed by atoms with Crippen LogP contribution >= 0.6 is 0 Å². The molecule has 1 amide bonds. The fraction of sp³-hybridized carbons (Fsp3) is 0.190. The summed E-state index contributed by atoms with van der Waals surface area (Å²) >= 11 is 0. The number of amides is 1. The highest BCUT2D eigenvalue weighted by atomic mass is 19.1. The van der Waals surface area contributed by atoms with Gasteiger partial charge in [0.15, 0.2) is 0 Å². The number of halogens is 1. The number of hydrogen-bond acceptors (Lipinski definition) is 3. The van der Waals surface area contributed by atoms with Gasteiger partial charge in [0, 0.05) is 18.3 Å². The molecule has 136 valence electrons. The number of benzene rings is 2. The lowest BCUT2D eigenvalue weighted by molar-refractivity contribution is 0.0978. The average molecular weight is 363 g/mol. The SMILES string of the molecule is O=C(c1ccc(=O)n(Cc2cccc(F)c2)n1)N1CCCc2ccccc21. The minimum Gasteiger partial charge on any atom is -0.307 e. The Kier molecular flexibility index (Phi) is 4.54. The van der Waals surface area contributed by atoms with Crippen LogP contribution in [0.25, 0.3) is 0 Å². The molecule has 4 rings (SSSR count). The molecule has 27 heavy (non-hydrogen) atoms. The fourth-order valence-electron chi connectivity index (χ4n) is 3.37. The predicted molar refractivity (Wildman–Crippen MR) is 100 cm³/mol. The number of fused-ring (bicyclic) bond motifs is 1. The third-order valence-corrected chi connectivity index (χ3v) is 4.66. The monoisotopic (exact) mass is 363 g/mol. The van der Waals surface area contributed by atoms with E-state index in [9.17, 15) is 14.0 Å². The van der Waals surface area contributed by atoms with E-state index < -0.39 is 0 Å². The van der Waals surface area contributed by atoms with Crippen molar-refractivity contribution in [3.8, 4) is 0 Å². The van der Waals surface area contributed by atoms with Crippen molar-refractivity contribution in [2.75, 3.05) is 11.4 Å². The van der Waals surface area contributed by atoms with Crippen LogP contribution < -0.4 is 10.5 Å². The lowest BCUT2D eigenvalue weighted by Crippen LogP contribution is -2.37. The molecule has 0 radical (unpaired) electrons. The molecule has 6 heteroatoms. The van der Waals surface area contributed by atoms with Crippen molar-refractivity contribution in [1.29, 1.82) is 0 Å². The van der Waals surface area contributed by atoms with Crippen LogP contribution in [0.1, 0.15) is 28.0 Å². The number of aryl methyl sites for hydroxylation is 1. The lowest BCUT2D eigenvalue weighted by Gasteiger charge is -2.29. The first-order valence-corrected chi connectivity index (χ1v) is 8.84. The molecule has 3 aromatic rings. The maximum absolute atomic E-state index is 13.4. The van der Waals surface area contributed by atoms with Crippen LogP contribution in [0.3, 0.4) is 0 Å². The predicted octanol–water partition coefficient (Wildman–Crippen LogP) is 3.02. The summed E-state index contributed by atoms with van der Waals surface area (Å²) in [6, 6.07) is 16.6. The van der Waals surface area contributed by atoms with E-state index >= 15 is 0 Å². The number of carbonyl (C=O) groups excluding carboxylic acids is 1. The second-order valence-corrected chi connectivity index (χ2v) is 6.53. The van der Waals surface area contributed by atoms with Crippen molar-refractivity contribution in [2.24, 2.45) is 0 Å². The number of hydrogen-bond donors (Lipinski definition) is 0. The normalized spacial score (nSPS) is 13.3. The zero-order valence-corrected chi connectivity index (χ0v) is 14.6. The summed E-state index contributed by atoms with van der Waals surface area (Å²) in [5, 5.41) is 4.24. The highest BCUT2D eigenvalue weighted by molar-refractivity contribution is 6.05. The van der Waals surface area contributed by atoms with E-state index in [0.29, 0.717) is 12.1 Å². The van der Waals surface area contributed by atoms with E-state index in [-0.39, 0.29) is 29.5 Å². The van der Waals surface area contributed by atoms with E-state index in [4.69, 9.17) is 0 Å². The van der Waals surface area contributed by atoms with Gasteiger partial charge in [0.25, 0.3) is 11.5 Å². The van der Waals surface area contributed by atoms with Gasteiger partial charge in [-0.25, -0.2) is 9.07 Å². The summed E-state index contributed by atoms with van der Waals surface area (Å²) in [5.41, 5.74) is 2.48. The maximum Gasteiger partial charge on any atom is 0.278 e. The van der Waals surface area contributed by atoms with Crippen LogP contribution in [0, 0.1) is 5.82 Å². The van der Waals surface area contributed by atoms with Crippen molar-refractivity contribution >= 4 is 11.6 Å². The molecular weight excluding hydrogens is 345 g/mol. The number of rotatable bonds is 3. The molecule has 0 spiro atoms. The molecule has 2 heterocycles. The van der Waals surface area contributed by atoms with Gasteiger partial charge in [0.2, 0.25) is 0 Å². The van der Waals surface area contributed by atoms with Crippen LogP contribution in [0.15, 0.2) is 65.5 Å². The first kappa shape index (κ1) is 17.1. The Morgan fingerprint density at radius 1 is 1.07 bits per heavy atom. The molecule has 2 aromatic carbocycles. The summed E-state index contributed by atoms with van der Waals surface area (Å²) in [4.78, 5) is 26.9. The van der Waals surface area contributed by atoms with Gasteiger partial charge in [0.1, 0.15) is 11.5 Å². The molecule has 0 atom stereocenters. The molecule has 0 aliphatic carbocycles. The number of carbonyl (C=O) groups is 1. The van der Waals surface area contributed by atoms with Gasteiger partial charge in [-0.15, -0.1) is 0 Å². The van der Waals surface area contributed by atoms with Gasteiger partial charge >= 0.3 is 0 Å². The van der Waals surface area contributed by atoms with E-state index in [0.717, 1.165) is 24.1 Å². The summed E-state index contributed by atoms with van der Waals surface area (Å²) in [6.07, 6.45) is 1.82. The Morgan fingerprint density at radius 2 is 1.93 bits per heavy atom. The third kappa shape index (κ3) is 3.51. The van der Waals surface area contributed by atoms with Crippen molar-refractivity contribution in [3.63, 3.8) is 0 Å². The molecule has 0 saturated heterocycles. The highest BCUT2D eigenvalue weighted by Crippen LogP contribution is 2.27. The van der Waals surface area contributed by atoms with Crippen molar-refractivity contribution in [1.82, 2.24) is 9.78 Å². The van der Waals surface area contributed by atoms with Gasteiger partial charge in [0.05, 0.1) is 6.54 Å². The second kappa shape index (κ2) is 7.15. The molecule has 1 aliphatic rings. The van der Waals surface area contributed by atoms with E-state index in [1.54, 1.807) is 17.0 Å². The van der Waals surface area contributed by atoms with E-state index in [2.05, 4.69) is 5.10 Å². The average Bonchev–Trinajstić information content (AvgIpc) is 2.69. The molecule has 1 aliphatic heterocycles. The largest absolute Gasteiger partial charge is 0.307 e. The smallest absolute Gasteiger partial charge is 0.278 e. The van der Waals surface area contributed by atoms with Crippen LogP contribution in [-0.4, -0.2) is 22.2 Å². The summed E-state index contributed by atoms with van der Waals surface area (Å²) in [6.45, 7) is 0.717. The van der Waals surface area contributed by atoms with Crippen molar-refractivity contribution in [2.45, 2.75) is 19.4 Å². The molecule has 0 bridgehead atoms. The van der Waals surface area contributed by atoms with Crippen LogP contribution in [0.2, 0.25) is 0 Å². The summed E-state index contributed by atoms with van der Waals surface area (Å²) in [5.74, 6) is -0.618. The van der Waals surface area contributed by atoms with Gasteiger partial charge in [-0.1, -0.05) is 30.3 Å². The van der Waals surface area contributed by atoms with Gasteiger partial charge < -0.3 is 4.90 Å². The summed E-state index contributed by atoms with van der Waals surface area (Å²) < 4.78 is 14.6. The van der Waals surface area contributed by atoms with E-state index in [1.165, 1.54) is 28.9 Å². The topological polar surface area (TPSA) is 55.2 Å². The molecule has 5 nitrogen and oxygen atoms in total. The first-order valence-electron chi connectivity index (χ1n) is 8.84. The Bertz CT molecular complexity index is 1060. The Morgan fingerprint density at radius 3 is 2.78 bits per heavy atom. The Balaban J connectivity index is 1.65. The van der Waals surface area contributed by atoms with Crippen molar-refractivity contribution in [3.05, 3.63) is 93.7 Å². The molecule has 0 unspecified atom stereocenters. The fourth-order valence-corrected chi connectivity index (χ4v) is 3.37. The van der Waals surface area contributed by atoms with Crippen LogP contribution in [-0.2, 0) is 13.0 Å². The number of anilines is 1. The zero-order chi connectivity index (χ0) is 18.8. The molecule has 0 saturated carbocycles. The summed E-state index contributed by atoms with van der Waals surface area (Å²) in [7, 11) is 0. The Labute approximate surface area is 155 Å². The first-order chi connectivity index (χ1) is 13.1. The highest BCUT2D eigenvalue weighted by Gasteiger charge is 2.24. The molecule has 0 N–H and O–H groups in total. The number of aromatic nitrogens is 2. The van der Waals surface area contributed by atoms with Gasteiger partial charge in [-0.3, -0.25) is 9.59 Å². The van der Waals surface area contributed by atoms with Crippen LogP contribution in [0.5, 0.6) is 0 Å². The third-order valence-electron chi connectivity index (χ3n) is 4.66. The molecular formula is C21H18FN3O2. The quantitative estimate of drug-likeness (QED) is 0.719. The van der Waals surface area contributed by atoms with Crippen LogP contribution in [0.4, 0.5) is 10.1 Å². The Hall–Kier alpha value is -3.28. The van der Waals surface area contributed by atoms with Gasteiger partial charge in [-0.05, 0) is 48.2 Å². The van der Waals surface area contributed by atoms with Gasteiger partial charge in [-0.2, -0.15) is 5.10 Å². The molecule has 0 fully saturated rings. The zero-order valence-electron chi connectivity index (χ0n) is 14.6. The minimum atomic E-state index is -0.377.